The van der Waals surface area contributed by atoms with Crippen molar-refractivity contribution in [3.8, 4) is 0 Å². The summed E-state index contributed by atoms with van der Waals surface area (Å²) >= 11 is 1.83. The highest BCUT2D eigenvalue weighted by Crippen LogP contribution is 2.28. The summed E-state index contributed by atoms with van der Waals surface area (Å²) in [6.45, 7) is 14.0. The fourth-order valence-electron chi connectivity index (χ4n) is 3.06. The Kier molecular flexibility index (Phi) is 5.17. The molecular weight excluding hydrogens is 276 g/mol. The molecular formula is C18H26N2S. The van der Waals surface area contributed by atoms with Crippen LogP contribution >= 0.6 is 11.3 Å². The monoisotopic (exact) mass is 302 g/mol. The second kappa shape index (κ2) is 6.71. The molecule has 1 aromatic carbocycles. The van der Waals surface area contributed by atoms with E-state index < -0.39 is 0 Å². The van der Waals surface area contributed by atoms with Crippen molar-refractivity contribution in [2.24, 2.45) is 0 Å². The predicted octanol–water partition coefficient (Wildman–Crippen LogP) is 4.58. The molecule has 0 bridgehead atoms. The number of hydrogen-bond acceptors (Lipinski definition) is 3. The van der Waals surface area contributed by atoms with Crippen LogP contribution in [0.3, 0.4) is 0 Å². The van der Waals surface area contributed by atoms with E-state index in [2.05, 4.69) is 59.0 Å². The lowest BCUT2D eigenvalue weighted by Gasteiger charge is -2.22. The van der Waals surface area contributed by atoms with E-state index in [4.69, 9.17) is 4.98 Å². The molecule has 0 aliphatic rings. The molecule has 0 aliphatic heterocycles. The molecule has 1 unspecified atom stereocenters. The van der Waals surface area contributed by atoms with Crippen molar-refractivity contribution in [2.45, 2.75) is 54.0 Å². The third-order valence-corrected chi connectivity index (χ3v) is 5.08. The SMILES string of the molecule is CCNC(Cc1nc(C)c(C)s1)c1c(C)cc(C)cc1C. The number of nitrogens with zero attached hydrogens (tertiary/aromatic N) is 1. The molecule has 0 amide bonds. The summed E-state index contributed by atoms with van der Waals surface area (Å²) in [5, 5.41) is 4.88. The van der Waals surface area contributed by atoms with Crippen LogP contribution in [-0.4, -0.2) is 11.5 Å². The van der Waals surface area contributed by atoms with Gasteiger partial charge in [0.25, 0.3) is 0 Å². The summed E-state index contributed by atoms with van der Waals surface area (Å²) in [5.74, 6) is 0. The molecule has 2 aromatic rings. The molecule has 1 atom stereocenters. The molecule has 1 N–H and O–H groups in total. The number of aryl methyl sites for hydroxylation is 5. The Morgan fingerprint density at radius 3 is 2.19 bits per heavy atom. The lowest BCUT2D eigenvalue weighted by molar-refractivity contribution is 0.543. The van der Waals surface area contributed by atoms with Gasteiger partial charge in [-0.2, -0.15) is 0 Å². The molecule has 0 spiro atoms. The minimum absolute atomic E-state index is 0.348. The number of nitrogens with one attached hydrogen (secondary N) is 1. The zero-order valence-corrected chi connectivity index (χ0v) is 14.8. The Morgan fingerprint density at radius 1 is 1.10 bits per heavy atom. The molecule has 114 valence electrons. The van der Waals surface area contributed by atoms with Crippen LogP contribution < -0.4 is 5.32 Å². The smallest absolute Gasteiger partial charge is 0.0949 e. The molecule has 1 heterocycles. The predicted molar refractivity (Wildman–Crippen MR) is 92.4 cm³/mol. The van der Waals surface area contributed by atoms with Gasteiger partial charge in [-0.15, -0.1) is 11.3 Å². The first-order chi connectivity index (χ1) is 9.92. The first-order valence-electron chi connectivity index (χ1n) is 7.66. The quantitative estimate of drug-likeness (QED) is 0.874. The van der Waals surface area contributed by atoms with E-state index in [0.717, 1.165) is 13.0 Å². The van der Waals surface area contributed by atoms with Crippen LogP contribution in [0.15, 0.2) is 12.1 Å². The van der Waals surface area contributed by atoms with Gasteiger partial charge in [0.2, 0.25) is 0 Å². The number of aromatic nitrogens is 1. The first-order valence-corrected chi connectivity index (χ1v) is 8.48. The molecule has 0 saturated heterocycles. The summed E-state index contributed by atoms with van der Waals surface area (Å²) < 4.78 is 0. The van der Waals surface area contributed by atoms with Crippen molar-refractivity contribution in [1.82, 2.24) is 10.3 Å². The van der Waals surface area contributed by atoms with Crippen LogP contribution in [0.5, 0.6) is 0 Å². The van der Waals surface area contributed by atoms with Gasteiger partial charge in [0.05, 0.1) is 10.7 Å². The van der Waals surface area contributed by atoms with E-state index in [0.29, 0.717) is 6.04 Å². The van der Waals surface area contributed by atoms with Crippen molar-refractivity contribution in [3.63, 3.8) is 0 Å². The summed E-state index contributed by atoms with van der Waals surface area (Å²) in [6.07, 6.45) is 0.970. The summed E-state index contributed by atoms with van der Waals surface area (Å²) in [5.41, 5.74) is 6.70. The zero-order valence-electron chi connectivity index (χ0n) is 14.0. The molecule has 1 aromatic heterocycles. The Bertz CT molecular complexity index is 586. The maximum Gasteiger partial charge on any atom is 0.0949 e. The van der Waals surface area contributed by atoms with Crippen LogP contribution in [0.4, 0.5) is 0 Å². The van der Waals surface area contributed by atoms with Gasteiger partial charge in [-0.3, -0.25) is 0 Å². The Balaban J connectivity index is 2.35. The van der Waals surface area contributed by atoms with Gasteiger partial charge in [-0.25, -0.2) is 4.98 Å². The van der Waals surface area contributed by atoms with Gasteiger partial charge in [0.15, 0.2) is 0 Å². The van der Waals surface area contributed by atoms with Crippen LogP contribution in [-0.2, 0) is 6.42 Å². The van der Waals surface area contributed by atoms with Gasteiger partial charge in [0.1, 0.15) is 0 Å². The highest BCUT2D eigenvalue weighted by atomic mass is 32.1. The van der Waals surface area contributed by atoms with Crippen molar-refractivity contribution >= 4 is 11.3 Å². The van der Waals surface area contributed by atoms with E-state index in [-0.39, 0.29) is 0 Å². The lowest BCUT2D eigenvalue weighted by Crippen LogP contribution is -2.24. The largest absolute Gasteiger partial charge is 0.310 e. The van der Waals surface area contributed by atoms with Crippen molar-refractivity contribution in [3.05, 3.63) is 50.0 Å². The van der Waals surface area contributed by atoms with E-state index in [1.807, 2.05) is 11.3 Å². The summed E-state index contributed by atoms with van der Waals surface area (Å²) in [7, 11) is 0. The van der Waals surface area contributed by atoms with E-state index in [1.54, 1.807) is 0 Å². The van der Waals surface area contributed by atoms with Crippen molar-refractivity contribution in [1.29, 1.82) is 0 Å². The number of likely N-dealkylation sites (N-methyl/N-ethyl adjacent to an activating group) is 1. The summed E-state index contributed by atoms with van der Waals surface area (Å²) in [4.78, 5) is 6.04. The van der Waals surface area contributed by atoms with Crippen molar-refractivity contribution < 1.29 is 0 Å². The second-order valence-corrected chi connectivity index (χ2v) is 7.16. The van der Waals surface area contributed by atoms with E-state index >= 15 is 0 Å². The molecule has 0 saturated carbocycles. The Morgan fingerprint density at radius 2 is 1.71 bits per heavy atom. The number of benzene rings is 1. The number of hydrogen-bond donors (Lipinski definition) is 1. The normalized spacial score (nSPS) is 12.7. The van der Waals surface area contributed by atoms with Crippen LogP contribution in [0.25, 0.3) is 0 Å². The first kappa shape index (κ1) is 16.2. The molecule has 21 heavy (non-hydrogen) atoms. The van der Waals surface area contributed by atoms with Crippen LogP contribution in [0.1, 0.15) is 50.8 Å². The fourth-order valence-corrected chi connectivity index (χ4v) is 4.04. The van der Waals surface area contributed by atoms with Gasteiger partial charge < -0.3 is 5.32 Å². The minimum Gasteiger partial charge on any atom is -0.310 e. The van der Waals surface area contributed by atoms with E-state index in [9.17, 15) is 0 Å². The topological polar surface area (TPSA) is 24.9 Å². The molecule has 0 fully saturated rings. The van der Waals surface area contributed by atoms with Gasteiger partial charge >= 0.3 is 0 Å². The maximum atomic E-state index is 4.71. The lowest BCUT2D eigenvalue weighted by atomic mass is 9.92. The highest BCUT2D eigenvalue weighted by molar-refractivity contribution is 7.11. The van der Waals surface area contributed by atoms with Crippen LogP contribution in [0, 0.1) is 34.6 Å². The third-order valence-electron chi connectivity index (χ3n) is 3.99. The summed E-state index contributed by atoms with van der Waals surface area (Å²) in [6, 6.07) is 4.91. The third kappa shape index (κ3) is 3.72. The molecule has 2 nitrogen and oxygen atoms in total. The molecule has 2 rings (SSSR count). The van der Waals surface area contributed by atoms with Gasteiger partial charge in [-0.05, 0) is 57.9 Å². The van der Waals surface area contributed by atoms with Crippen molar-refractivity contribution in [2.75, 3.05) is 6.54 Å². The highest BCUT2D eigenvalue weighted by Gasteiger charge is 2.18. The number of rotatable bonds is 5. The molecule has 3 heteroatoms. The molecule has 0 aliphatic carbocycles. The maximum absolute atomic E-state index is 4.71. The average molecular weight is 302 g/mol. The van der Waals surface area contributed by atoms with Gasteiger partial charge in [0, 0.05) is 17.3 Å². The average Bonchev–Trinajstić information content (AvgIpc) is 2.67. The molecule has 0 radical (unpaired) electrons. The second-order valence-electron chi connectivity index (χ2n) is 5.88. The Labute approximate surface area is 132 Å². The van der Waals surface area contributed by atoms with Gasteiger partial charge in [-0.1, -0.05) is 24.6 Å². The zero-order chi connectivity index (χ0) is 15.6. The fraction of sp³-hybridized carbons (Fsp3) is 0.500. The Hall–Kier alpha value is -1.19. The standard InChI is InChI=1S/C18H26N2S/c1-7-19-16(10-17-20-14(5)15(6)21-17)18-12(3)8-11(2)9-13(18)4/h8-9,16,19H,7,10H2,1-6H3. The number of thiazole rings is 1. The minimum atomic E-state index is 0.348. The van der Waals surface area contributed by atoms with Crippen LogP contribution in [0.2, 0.25) is 0 Å². The van der Waals surface area contributed by atoms with E-state index in [1.165, 1.54) is 37.8 Å².